The Kier molecular flexibility index (Phi) is 4.98. The SMILES string of the molecule is FC(F)(F)c1ccc(C(Cl)(c2c[nH]c3ccccc23)c2c[nH]c3ccccc23)c(C(F)(F)F)c1. The van der Waals surface area contributed by atoms with Crippen molar-refractivity contribution in [3.63, 3.8) is 0 Å². The van der Waals surface area contributed by atoms with Crippen LogP contribution in [-0.2, 0) is 17.2 Å². The summed E-state index contributed by atoms with van der Waals surface area (Å²) in [6.07, 6.45) is -7.04. The molecule has 3 aromatic carbocycles. The molecule has 0 spiro atoms. The summed E-state index contributed by atoms with van der Waals surface area (Å²) < 4.78 is 82.7. The number of alkyl halides is 7. The predicted molar refractivity (Wildman–Crippen MR) is 119 cm³/mol. The van der Waals surface area contributed by atoms with E-state index in [1.165, 1.54) is 12.4 Å². The third-order valence-electron chi connectivity index (χ3n) is 5.94. The van der Waals surface area contributed by atoms with Gasteiger partial charge < -0.3 is 9.97 Å². The topological polar surface area (TPSA) is 31.6 Å². The molecule has 5 aromatic rings. The second-order valence-electron chi connectivity index (χ2n) is 7.91. The summed E-state index contributed by atoms with van der Waals surface area (Å²) in [4.78, 5) is 4.06. The molecule has 2 heterocycles. The summed E-state index contributed by atoms with van der Waals surface area (Å²) in [6, 6.07) is 15.4. The lowest BCUT2D eigenvalue weighted by Crippen LogP contribution is -2.27. The molecule has 0 saturated heterocycles. The molecule has 0 aliphatic rings. The van der Waals surface area contributed by atoms with Crippen molar-refractivity contribution >= 4 is 33.4 Å². The molecule has 2 N–H and O–H groups in total. The minimum atomic E-state index is -5.09. The maximum Gasteiger partial charge on any atom is 0.416 e. The maximum absolute atomic E-state index is 14.2. The van der Waals surface area contributed by atoms with Gasteiger partial charge in [-0.25, -0.2) is 0 Å². The van der Waals surface area contributed by atoms with Gasteiger partial charge in [-0.15, -0.1) is 11.6 Å². The Bertz CT molecular complexity index is 1440. The van der Waals surface area contributed by atoms with Gasteiger partial charge in [0.25, 0.3) is 0 Å². The molecule has 0 fully saturated rings. The molecule has 0 amide bonds. The fraction of sp³-hybridized carbons (Fsp3) is 0.120. The largest absolute Gasteiger partial charge is 0.416 e. The Morgan fingerprint density at radius 1 is 0.559 bits per heavy atom. The van der Waals surface area contributed by atoms with Gasteiger partial charge in [0.15, 0.2) is 0 Å². The highest BCUT2D eigenvalue weighted by atomic mass is 35.5. The molecule has 2 aromatic heterocycles. The van der Waals surface area contributed by atoms with Crippen LogP contribution in [0, 0.1) is 0 Å². The monoisotopic (exact) mass is 492 g/mol. The Labute approximate surface area is 194 Å². The van der Waals surface area contributed by atoms with Gasteiger partial charge in [0.1, 0.15) is 4.87 Å². The van der Waals surface area contributed by atoms with Gasteiger partial charge in [-0.05, 0) is 29.8 Å². The molecule has 0 bridgehead atoms. The number of hydrogen-bond acceptors (Lipinski definition) is 0. The van der Waals surface area contributed by atoms with Gasteiger partial charge in [-0.3, -0.25) is 0 Å². The highest BCUT2D eigenvalue weighted by Gasteiger charge is 2.46. The van der Waals surface area contributed by atoms with Crippen molar-refractivity contribution in [1.82, 2.24) is 9.97 Å². The van der Waals surface area contributed by atoms with Crippen LogP contribution in [0.5, 0.6) is 0 Å². The van der Waals surface area contributed by atoms with E-state index in [-0.39, 0.29) is 6.07 Å². The third kappa shape index (κ3) is 3.44. The van der Waals surface area contributed by atoms with E-state index in [1.807, 2.05) is 0 Å². The van der Waals surface area contributed by atoms with Gasteiger partial charge in [-0.2, -0.15) is 26.3 Å². The average Bonchev–Trinajstić information content (AvgIpc) is 3.42. The van der Waals surface area contributed by atoms with Gasteiger partial charge in [0, 0.05) is 45.3 Å². The molecule has 0 aliphatic carbocycles. The highest BCUT2D eigenvalue weighted by Crippen LogP contribution is 2.52. The number of H-pyrrole nitrogens is 2. The number of nitrogens with one attached hydrogen (secondary N) is 2. The van der Waals surface area contributed by atoms with Crippen LogP contribution >= 0.6 is 11.6 Å². The van der Waals surface area contributed by atoms with Crippen LogP contribution in [0.3, 0.4) is 0 Å². The van der Waals surface area contributed by atoms with E-state index in [9.17, 15) is 26.3 Å². The maximum atomic E-state index is 14.2. The lowest BCUT2D eigenvalue weighted by atomic mass is 9.81. The summed E-state index contributed by atoms with van der Waals surface area (Å²) in [5.41, 5.74) is -1.51. The zero-order chi connectivity index (χ0) is 24.3. The minimum Gasteiger partial charge on any atom is -0.361 e. The molecular formula is C25H15ClF6N2. The standard InChI is InChI=1S/C25H15ClF6N2/c26-23(19-12-33-21-7-3-1-5-15(19)21,20-13-34-22-8-4-2-6-16(20)22)17-10-9-14(24(27,28)29)11-18(17)25(30,31)32/h1-13,33-34H. The van der Waals surface area contributed by atoms with E-state index in [0.717, 1.165) is 6.07 Å². The smallest absolute Gasteiger partial charge is 0.361 e. The first kappa shape index (κ1) is 22.4. The van der Waals surface area contributed by atoms with E-state index < -0.39 is 33.9 Å². The van der Waals surface area contributed by atoms with Gasteiger partial charge >= 0.3 is 12.4 Å². The van der Waals surface area contributed by atoms with Crippen molar-refractivity contribution in [2.24, 2.45) is 0 Å². The summed E-state index contributed by atoms with van der Waals surface area (Å²) in [7, 11) is 0. The number of rotatable bonds is 3. The third-order valence-corrected chi connectivity index (χ3v) is 6.55. The molecule has 0 aliphatic heterocycles. The summed E-state index contributed by atoms with van der Waals surface area (Å²) >= 11 is 7.21. The molecule has 9 heteroatoms. The van der Waals surface area contributed by atoms with Crippen molar-refractivity contribution in [2.45, 2.75) is 17.2 Å². The number of hydrogen-bond donors (Lipinski definition) is 2. The number of para-hydroxylation sites is 2. The Hall–Kier alpha value is -3.39. The number of aromatic nitrogens is 2. The predicted octanol–water partition coefficient (Wildman–Crippen LogP) is 8.22. The molecular weight excluding hydrogens is 478 g/mol. The molecule has 0 saturated carbocycles. The van der Waals surface area contributed by atoms with Crippen LogP contribution in [0.15, 0.2) is 79.1 Å². The second kappa shape index (κ2) is 7.56. The lowest BCUT2D eigenvalue weighted by molar-refractivity contribution is -0.143. The molecule has 34 heavy (non-hydrogen) atoms. The molecule has 0 unspecified atom stereocenters. The molecule has 0 radical (unpaired) electrons. The lowest BCUT2D eigenvalue weighted by Gasteiger charge is -2.31. The Balaban J connectivity index is 1.91. The van der Waals surface area contributed by atoms with Crippen LogP contribution < -0.4 is 0 Å². The van der Waals surface area contributed by atoms with E-state index in [0.29, 0.717) is 39.0 Å². The minimum absolute atomic E-state index is 0.121. The zero-order valence-corrected chi connectivity index (χ0v) is 17.9. The van der Waals surface area contributed by atoms with E-state index >= 15 is 0 Å². The Morgan fingerprint density at radius 2 is 1.06 bits per heavy atom. The quantitative estimate of drug-likeness (QED) is 0.188. The second-order valence-corrected chi connectivity index (χ2v) is 8.48. The molecule has 5 rings (SSSR count). The van der Waals surface area contributed by atoms with Crippen molar-refractivity contribution in [3.8, 4) is 0 Å². The fourth-order valence-electron chi connectivity index (χ4n) is 4.40. The first-order chi connectivity index (χ1) is 16.0. The zero-order valence-electron chi connectivity index (χ0n) is 17.2. The normalized spacial score (nSPS) is 13.1. The average molecular weight is 493 g/mol. The van der Waals surface area contributed by atoms with Crippen molar-refractivity contribution in [1.29, 1.82) is 0 Å². The first-order valence-electron chi connectivity index (χ1n) is 10.1. The number of fused-ring (bicyclic) bond motifs is 2. The van der Waals surface area contributed by atoms with Crippen molar-refractivity contribution in [2.75, 3.05) is 0 Å². The summed E-state index contributed by atoms with van der Waals surface area (Å²) in [6.45, 7) is 0. The number of aromatic amines is 2. The van der Waals surface area contributed by atoms with Gasteiger partial charge in [0.05, 0.1) is 11.1 Å². The van der Waals surface area contributed by atoms with E-state index in [4.69, 9.17) is 11.6 Å². The Morgan fingerprint density at radius 3 is 1.53 bits per heavy atom. The van der Waals surface area contributed by atoms with Gasteiger partial charge in [-0.1, -0.05) is 42.5 Å². The molecule has 0 atom stereocenters. The van der Waals surface area contributed by atoms with Crippen LogP contribution in [0.1, 0.15) is 27.8 Å². The van der Waals surface area contributed by atoms with Crippen LogP contribution in [0.25, 0.3) is 21.8 Å². The van der Waals surface area contributed by atoms with Crippen molar-refractivity contribution in [3.05, 3.63) is 107 Å². The van der Waals surface area contributed by atoms with E-state index in [2.05, 4.69) is 9.97 Å². The van der Waals surface area contributed by atoms with Gasteiger partial charge in [0.2, 0.25) is 0 Å². The van der Waals surface area contributed by atoms with Crippen molar-refractivity contribution < 1.29 is 26.3 Å². The fourth-order valence-corrected chi connectivity index (χ4v) is 4.88. The van der Waals surface area contributed by atoms with Crippen LogP contribution in [-0.4, -0.2) is 9.97 Å². The number of benzene rings is 3. The van der Waals surface area contributed by atoms with E-state index in [1.54, 1.807) is 48.5 Å². The molecule has 2 nitrogen and oxygen atoms in total. The van der Waals surface area contributed by atoms with Crippen LogP contribution in [0.2, 0.25) is 0 Å². The number of halogens is 7. The first-order valence-corrected chi connectivity index (χ1v) is 10.5. The summed E-state index contributed by atoms with van der Waals surface area (Å²) in [5, 5.41) is 1.10. The molecule has 174 valence electrons. The van der Waals surface area contributed by atoms with Crippen LogP contribution in [0.4, 0.5) is 26.3 Å². The highest BCUT2D eigenvalue weighted by molar-refractivity contribution is 6.30. The summed E-state index contributed by atoms with van der Waals surface area (Å²) in [5.74, 6) is 0.